The summed E-state index contributed by atoms with van der Waals surface area (Å²) in [7, 11) is 0. The van der Waals surface area contributed by atoms with E-state index in [4.69, 9.17) is 15.6 Å². The van der Waals surface area contributed by atoms with Crippen molar-refractivity contribution in [3.8, 4) is 0 Å². The van der Waals surface area contributed by atoms with Gasteiger partial charge < -0.3 is 15.6 Å². The first-order chi connectivity index (χ1) is 6.33. The molecule has 0 aromatic rings. The van der Waals surface area contributed by atoms with Crippen LogP contribution in [0.5, 0.6) is 0 Å². The summed E-state index contributed by atoms with van der Waals surface area (Å²) >= 11 is 0. The molecule has 82 valence electrons. The first kappa shape index (κ1) is 15.4. The summed E-state index contributed by atoms with van der Waals surface area (Å²) in [6.07, 6.45) is 4.91. The maximum absolute atomic E-state index is 7.75. The highest BCUT2D eigenvalue weighted by Crippen LogP contribution is 1.91. The van der Waals surface area contributed by atoms with Gasteiger partial charge in [0.25, 0.3) is 0 Å². The van der Waals surface area contributed by atoms with Gasteiger partial charge in [0.1, 0.15) is 0 Å². The number of rotatable bonds is 7. The second kappa shape index (κ2) is 17.8. The molecule has 0 fully saturated rings. The summed E-state index contributed by atoms with van der Waals surface area (Å²) < 4.78 is 5.31. The highest BCUT2D eigenvalue weighted by molar-refractivity contribution is 4.33. The molecule has 3 heteroatoms. The second-order valence-corrected chi connectivity index (χ2v) is 2.83. The number of ether oxygens (including phenoxy) is 1. The third-order valence-electron chi connectivity index (χ3n) is 1.41. The molecule has 0 bridgehead atoms. The van der Waals surface area contributed by atoms with Crippen LogP contribution in [0.4, 0.5) is 0 Å². The first-order valence-electron chi connectivity index (χ1n) is 5.22. The Labute approximate surface area is 82.3 Å². The van der Waals surface area contributed by atoms with Crippen LogP contribution in [0.25, 0.3) is 0 Å². The van der Waals surface area contributed by atoms with Gasteiger partial charge in [-0.2, -0.15) is 0 Å². The molecule has 0 saturated carbocycles. The van der Waals surface area contributed by atoms with E-state index in [1.54, 1.807) is 0 Å². The smallest absolute Gasteiger partial charge is 0.0553 e. The van der Waals surface area contributed by atoms with Crippen molar-refractivity contribution >= 4 is 0 Å². The van der Waals surface area contributed by atoms with Gasteiger partial charge in [0.15, 0.2) is 0 Å². The van der Waals surface area contributed by atoms with E-state index in [0.29, 0.717) is 6.54 Å². The fourth-order valence-corrected chi connectivity index (χ4v) is 0.595. The Morgan fingerprint density at radius 2 is 1.46 bits per heavy atom. The lowest BCUT2D eigenvalue weighted by atomic mass is 10.3. The molecular weight excluding hydrogens is 166 g/mol. The van der Waals surface area contributed by atoms with Crippen LogP contribution in [-0.4, -0.2) is 31.5 Å². The Bertz CT molecular complexity index is 61.9. The third-order valence-corrected chi connectivity index (χ3v) is 1.41. The van der Waals surface area contributed by atoms with Crippen molar-refractivity contribution in [1.82, 2.24) is 0 Å². The third kappa shape index (κ3) is 24.5. The van der Waals surface area contributed by atoms with Crippen LogP contribution in [0.15, 0.2) is 0 Å². The Hall–Kier alpha value is -0.120. The molecule has 0 heterocycles. The van der Waals surface area contributed by atoms with Gasteiger partial charge in [-0.15, -0.1) is 0 Å². The van der Waals surface area contributed by atoms with Crippen LogP contribution >= 0.6 is 0 Å². The van der Waals surface area contributed by atoms with Crippen LogP contribution < -0.4 is 5.73 Å². The quantitative estimate of drug-likeness (QED) is 0.600. The van der Waals surface area contributed by atoms with E-state index < -0.39 is 0 Å². The predicted molar refractivity (Wildman–Crippen MR) is 56.8 cm³/mol. The molecule has 0 aromatic carbocycles. The summed E-state index contributed by atoms with van der Waals surface area (Å²) in [6, 6.07) is 0. The van der Waals surface area contributed by atoms with Crippen LogP contribution in [-0.2, 0) is 4.74 Å². The van der Waals surface area contributed by atoms with E-state index >= 15 is 0 Å². The van der Waals surface area contributed by atoms with E-state index in [0.717, 1.165) is 13.2 Å². The number of aliphatic hydroxyl groups is 1. The lowest BCUT2D eigenvalue weighted by Gasteiger charge is -1.99. The molecule has 0 unspecified atom stereocenters. The Kier molecular flexibility index (Phi) is 21.1. The number of hydrogen-bond acceptors (Lipinski definition) is 3. The lowest BCUT2D eigenvalue weighted by Crippen LogP contribution is -2.02. The standard InChI is InChI=1S/C8H18O.C2H7NO/c1-3-5-7-9-8-6-4-2;3-1-2-4/h3-8H2,1-2H3;4H,1-3H2. The van der Waals surface area contributed by atoms with Gasteiger partial charge >= 0.3 is 0 Å². The molecule has 0 rings (SSSR count). The summed E-state index contributed by atoms with van der Waals surface area (Å²) in [5.74, 6) is 0. The Balaban J connectivity index is 0. The fraction of sp³-hybridized carbons (Fsp3) is 1.00. The largest absolute Gasteiger partial charge is 0.395 e. The molecule has 0 aliphatic rings. The van der Waals surface area contributed by atoms with Crippen molar-refractivity contribution < 1.29 is 9.84 Å². The minimum absolute atomic E-state index is 0.0972. The van der Waals surface area contributed by atoms with Gasteiger partial charge in [-0.1, -0.05) is 26.7 Å². The molecule has 0 aliphatic carbocycles. The van der Waals surface area contributed by atoms with Gasteiger partial charge in [-0.3, -0.25) is 0 Å². The van der Waals surface area contributed by atoms with E-state index in [9.17, 15) is 0 Å². The molecule has 13 heavy (non-hydrogen) atoms. The van der Waals surface area contributed by atoms with Crippen molar-refractivity contribution in [3.05, 3.63) is 0 Å². The maximum Gasteiger partial charge on any atom is 0.0553 e. The Morgan fingerprint density at radius 1 is 1.08 bits per heavy atom. The van der Waals surface area contributed by atoms with Crippen LogP contribution in [0, 0.1) is 0 Å². The molecule has 0 spiro atoms. The van der Waals surface area contributed by atoms with Crippen molar-refractivity contribution in [1.29, 1.82) is 0 Å². The summed E-state index contributed by atoms with van der Waals surface area (Å²) in [4.78, 5) is 0. The molecule has 0 aliphatic heterocycles. The monoisotopic (exact) mass is 191 g/mol. The fourth-order valence-electron chi connectivity index (χ4n) is 0.595. The molecule has 0 amide bonds. The number of aliphatic hydroxyl groups excluding tert-OH is 1. The van der Waals surface area contributed by atoms with Gasteiger partial charge in [-0.05, 0) is 12.8 Å². The minimum Gasteiger partial charge on any atom is -0.395 e. The average Bonchev–Trinajstić information content (AvgIpc) is 2.18. The summed E-state index contributed by atoms with van der Waals surface area (Å²) in [5.41, 5.74) is 4.78. The van der Waals surface area contributed by atoms with Crippen LogP contribution in [0.1, 0.15) is 39.5 Å². The number of hydrogen-bond donors (Lipinski definition) is 2. The Morgan fingerprint density at radius 3 is 1.69 bits per heavy atom. The van der Waals surface area contributed by atoms with Gasteiger partial charge in [0.2, 0.25) is 0 Å². The molecule has 3 nitrogen and oxygen atoms in total. The molecule has 0 atom stereocenters. The topological polar surface area (TPSA) is 55.5 Å². The minimum atomic E-state index is 0.0972. The highest BCUT2D eigenvalue weighted by Gasteiger charge is 1.84. The average molecular weight is 191 g/mol. The molecule has 0 aromatic heterocycles. The molecule has 0 saturated heterocycles. The van der Waals surface area contributed by atoms with Crippen molar-refractivity contribution in [2.75, 3.05) is 26.4 Å². The van der Waals surface area contributed by atoms with E-state index in [-0.39, 0.29) is 6.61 Å². The predicted octanol–water partition coefficient (Wildman–Crippen LogP) is 1.54. The summed E-state index contributed by atoms with van der Waals surface area (Å²) in [5, 5.41) is 7.75. The normalized spacial score (nSPS) is 9.23. The van der Waals surface area contributed by atoms with Crippen molar-refractivity contribution in [2.45, 2.75) is 39.5 Å². The van der Waals surface area contributed by atoms with E-state index in [1.165, 1.54) is 25.7 Å². The van der Waals surface area contributed by atoms with Crippen LogP contribution in [0.2, 0.25) is 0 Å². The zero-order valence-corrected chi connectivity index (χ0v) is 9.09. The van der Waals surface area contributed by atoms with Gasteiger partial charge in [0, 0.05) is 19.8 Å². The zero-order chi connectivity index (χ0) is 10.4. The molecular formula is C10H25NO2. The SMILES string of the molecule is CCCCOCCCC.NCCO. The van der Waals surface area contributed by atoms with Gasteiger partial charge in [-0.25, -0.2) is 0 Å². The van der Waals surface area contributed by atoms with E-state index in [1.807, 2.05) is 0 Å². The van der Waals surface area contributed by atoms with Crippen LogP contribution in [0.3, 0.4) is 0 Å². The zero-order valence-electron chi connectivity index (χ0n) is 9.09. The van der Waals surface area contributed by atoms with Gasteiger partial charge in [0.05, 0.1) is 6.61 Å². The van der Waals surface area contributed by atoms with Crippen molar-refractivity contribution in [3.63, 3.8) is 0 Å². The molecule has 3 N–H and O–H groups in total. The number of unbranched alkanes of at least 4 members (excludes halogenated alkanes) is 2. The van der Waals surface area contributed by atoms with E-state index in [2.05, 4.69) is 13.8 Å². The highest BCUT2D eigenvalue weighted by atomic mass is 16.5. The first-order valence-corrected chi connectivity index (χ1v) is 5.22. The lowest BCUT2D eigenvalue weighted by molar-refractivity contribution is 0.128. The maximum atomic E-state index is 7.75. The van der Waals surface area contributed by atoms with Crippen molar-refractivity contribution in [2.24, 2.45) is 5.73 Å². The number of nitrogens with two attached hydrogens (primary N) is 1. The molecule has 0 radical (unpaired) electrons. The summed E-state index contributed by atoms with van der Waals surface area (Å²) in [6.45, 7) is 6.75. The second-order valence-electron chi connectivity index (χ2n) is 2.83.